The zero-order valence-electron chi connectivity index (χ0n) is 8.19. The van der Waals surface area contributed by atoms with E-state index in [0.29, 0.717) is 11.8 Å². The van der Waals surface area contributed by atoms with Crippen LogP contribution in [0.3, 0.4) is 0 Å². The molecule has 5 unspecified atom stereocenters. The number of carbonyl (C=O) groups is 1. The van der Waals surface area contributed by atoms with Crippen molar-refractivity contribution in [3.05, 3.63) is 0 Å². The van der Waals surface area contributed by atoms with E-state index >= 15 is 0 Å². The summed E-state index contributed by atoms with van der Waals surface area (Å²) in [5.74, 6) is 7.47. The molecule has 0 aliphatic heterocycles. The Hall–Kier alpha value is -0.570. The molecule has 13 heavy (non-hydrogen) atoms. The van der Waals surface area contributed by atoms with Crippen LogP contribution in [0.15, 0.2) is 0 Å². The lowest BCUT2D eigenvalue weighted by Gasteiger charge is -2.29. The first-order valence-corrected chi connectivity index (χ1v) is 5.05. The topological polar surface area (TPSA) is 52.3 Å². The van der Waals surface area contributed by atoms with Gasteiger partial charge in [-0.15, -0.1) is 0 Å². The molecule has 0 aromatic heterocycles. The van der Waals surface area contributed by atoms with Crippen molar-refractivity contribution in [1.29, 1.82) is 0 Å². The highest BCUT2D eigenvalue weighted by Gasteiger charge is 2.51. The molecule has 0 saturated heterocycles. The zero-order chi connectivity index (χ0) is 9.59. The maximum absolute atomic E-state index is 11.3. The van der Waals surface area contributed by atoms with Crippen molar-refractivity contribution in [2.24, 2.45) is 35.5 Å². The third-order valence-corrected chi connectivity index (χ3v) is 4.32. The molecule has 2 aliphatic carbocycles. The normalized spacial score (nSPS) is 48.1. The molecular weight excluding hydrogens is 166 g/mol. The molecule has 0 radical (unpaired) electrons. The zero-order valence-corrected chi connectivity index (χ0v) is 8.19. The van der Waals surface area contributed by atoms with Crippen molar-refractivity contribution in [2.45, 2.75) is 26.7 Å². The van der Waals surface area contributed by atoms with Gasteiger partial charge in [0.2, 0.25) is 0 Å². The average molecular weight is 183 g/mol. The minimum absolute atomic E-state index is 0.0844. The smallest absolute Gasteiger partial charge is 0.327 e. The van der Waals surface area contributed by atoms with Crippen LogP contribution in [0, 0.1) is 29.6 Å². The van der Waals surface area contributed by atoms with Crippen LogP contribution in [-0.4, -0.2) is 5.97 Å². The molecule has 3 heteroatoms. The predicted octanol–water partition coefficient (Wildman–Crippen LogP) is 1.33. The van der Waals surface area contributed by atoms with E-state index in [1.54, 1.807) is 0 Å². The van der Waals surface area contributed by atoms with Crippen molar-refractivity contribution >= 4 is 5.97 Å². The van der Waals surface area contributed by atoms with Crippen molar-refractivity contribution in [1.82, 2.24) is 0 Å². The van der Waals surface area contributed by atoms with Gasteiger partial charge in [0.25, 0.3) is 0 Å². The van der Waals surface area contributed by atoms with E-state index < -0.39 is 0 Å². The summed E-state index contributed by atoms with van der Waals surface area (Å²) in [6.45, 7) is 4.53. The fourth-order valence-electron chi connectivity index (χ4n) is 3.30. The summed E-state index contributed by atoms with van der Waals surface area (Å²) < 4.78 is 0. The summed E-state index contributed by atoms with van der Waals surface area (Å²) in [5, 5.41) is 0. The van der Waals surface area contributed by atoms with E-state index in [2.05, 4.69) is 18.7 Å². The predicted molar refractivity (Wildman–Crippen MR) is 48.3 cm³/mol. The van der Waals surface area contributed by atoms with Crippen LogP contribution >= 0.6 is 0 Å². The minimum atomic E-state index is -0.203. The van der Waals surface area contributed by atoms with E-state index in [4.69, 9.17) is 5.90 Å². The second-order valence-electron chi connectivity index (χ2n) is 4.66. The quantitative estimate of drug-likeness (QED) is 0.624. The van der Waals surface area contributed by atoms with Crippen molar-refractivity contribution in [3.8, 4) is 0 Å². The Morgan fingerprint density at radius 2 is 2.00 bits per heavy atom. The number of fused-ring (bicyclic) bond motifs is 2. The lowest BCUT2D eigenvalue weighted by atomic mass is 9.76. The molecule has 0 aromatic rings. The van der Waals surface area contributed by atoms with E-state index in [1.807, 2.05) is 0 Å². The fourth-order valence-corrected chi connectivity index (χ4v) is 3.30. The van der Waals surface area contributed by atoms with Gasteiger partial charge in [0.05, 0.1) is 5.92 Å². The van der Waals surface area contributed by atoms with Crippen LogP contribution in [-0.2, 0) is 9.63 Å². The molecule has 2 rings (SSSR count). The summed E-state index contributed by atoms with van der Waals surface area (Å²) in [6, 6.07) is 0. The number of hydrogen-bond donors (Lipinski definition) is 1. The molecule has 0 amide bonds. The molecule has 2 N–H and O–H groups in total. The van der Waals surface area contributed by atoms with Crippen LogP contribution in [0.25, 0.3) is 0 Å². The third kappa shape index (κ3) is 1.17. The largest absolute Gasteiger partial charge is 0.373 e. The van der Waals surface area contributed by atoms with Crippen molar-refractivity contribution in [3.63, 3.8) is 0 Å². The first-order valence-electron chi connectivity index (χ1n) is 5.05. The fraction of sp³-hybridized carbons (Fsp3) is 0.900. The van der Waals surface area contributed by atoms with Gasteiger partial charge in [0, 0.05) is 0 Å². The molecule has 0 aromatic carbocycles. The molecule has 5 atom stereocenters. The van der Waals surface area contributed by atoms with Gasteiger partial charge in [-0.05, 0) is 36.5 Å². The minimum Gasteiger partial charge on any atom is -0.373 e. The Morgan fingerprint density at radius 3 is 2.46 bits per heavy atom. The molecule has 2 aliphatic rings. The van der Waals surface area contributed by atoms with Crippen LogP contribution in [0.5, 0.6) is 0 Å². The number of hydrogen-bond acceptors (Lipinski definition) is 3. The van der Waals surface area contributed by atoms with Gasteiger partial charge in [0.15, 0.2) is 0 Å². The SMILES string of the molecule is CC1C2CC(C(=O)ON)C(C2)C1C. The maximum atomic E-state index is 11.3. The third-order valence-electron chi connectivity index (χ3n) is 4.32. The highest BCUT2D eigenvalue weighted by Crippen LogP contribution is 2.55. The van der Waals surface area contributed by atoms with Gasteiger partial charge in [-0.1, -0.05) is 13.8 Å². The Kier molecular flexibility index (Phi) is 2.06. The number of rotatable bonds is 1. The lowest BCUT2D eigenvalue weighted by molar-refractivity contribution is -0.152. The van der Waals surface area contributed by atoms with Crippen molar-refractivity contribution < 1.29 is 9.63 Å². The summed E-state index contributed by atoms with van der Waals surface area (Å²) >= 11 is 0. The van der Waals surface area contributed by atoms with Gasteiger partial charge in [-0.2, -0.15) is 5.90 Å². The monoisotopic (exact) mass is 183 g/mol. The van der Waals surface area contributed by atoms with Crippen LogP contribution in [0.1, 0.15) is 26.7 Å². The second-order valence-corrected chi connectivity index (χ2v) is 4.66. The second kappa shape index (κ2) is 2.98. The summed E-state index contributed by atoms with van der Waals surface area (Å²) in [7, 11) is 0. The first-order chi connectivity index (χ1) is 6.15. The molecule has 0 heterocycles. The Labute approximate surface area is 78.6 Å². The van der Waals surface area contributed by atoms with E-state index in [9.17, 15) is 4.79 Å². The molecule has 3 nitrogen and oxygen atoms in total. The molecule has 74 valence electrons. The summed E-state index contributed by atoms with van der Waals surface area (Å²) in [5.41, 5.74) is 0. The Balaban J connectivity index is 2.10. The summed E-state index contributed by atoms with van der Waals surface area (Å²) in [6.07, 6.45) is 2.19. The lowest BCUT2D eigenvalue weighted by Crippen LogP contribution is -2.32. The Bertz CT molecular complexity index is 227. The van der Waals surface area contributed by atoms with Gasteiger partial charge in [0.1, 0.15) is 0 Å². The number of nitrogens with two attached hydrogens (primary N) is 1. The molecular formula is C10H17NO2. The molecule has 2 saturated carbocycles. The number of carbonyl (C=O) groups excluding carboxylic acids is 1. The van der Waals surface area contributed by atoms with E-state index in [-0.39, 0.29) is 11.9 Å². The van der Waals surface area contributed by atoms with Crippen LogP contribution in [0.4, 0.5) is 0 Å². The van der Waals surface area contributed by atoms with Gasteiger partial charge in [-0.25, -0.2) is 0 Å². The maximum Gasteiger partial charge on any atom is 0.327 e. The Morgan fingerprint density at radius 1 is 1.31 bits per heavy atom. The highest BCUT2D eigenvalue weighted by atomic mass is 16.7. The molecule has 2 fully saturated rings. The van der Waals surface area contributed by atoms with Gasteiger partial charge < -0.3 is 4.84 Å². The van der Waals surface area contributed by atoms with E-state index in [1.165, 1.54) is 6.42 Å². The van der Waals surface area contributed by atoms with Gasteiger partial charge in [-0.3, -0.25) is 4.79 Å². The first kappa shape index (κ1) is 9.00. The molecule has 2 bridgehead atoms. The average Bonchev–Trinajstić information content (AvgIpc) is 2.67. The standard InChI is InChI=1S/C10H17NO2/c1-5-6(2)8-3-7(5)4-9(8)10(12)13-11/h5-9H,3-4,11H2,1-2H3. The summed E-state index contributed by atoms with van der Waals surface area (Å²) in [4.78, 5) is 15.6. The molecule has 0 spiro atoms. The van der Waals surface area contributed by atoms with Gasteiger partial charge >= 0.3 is 5.97 Å². The highest BCUT2D eigenvalue weighted by molar-refractivity contribution is 5.73. The van der Waals surface area contributed by atoms with Crippen molar-refractivity contribution in [2.75, 3.05) is 0 Å². The van der Waals surface area contributed by atoms with Crippen LogP contribution in [0.2, 0.25) is 0 Å². The van der Waals surface area contributed by atoms with Crippen LogP contribution < -0.4 is 5.90 Å². The van der Waals surface area contributed by atoms with E-state index in [0.717, 1.165) is 18.3 Å².